The smallest absolute Gasteiger partial charge is 0.0335 e. The molecule has 1 aliphatic rings. The van der Waals surface area contributed by atoms with E-state index in [1.807, 2.05) is 0 Å². The van der Waals surface area contributed by atoms with E-state index in [2.05, 4.69) is 30.5 Å². The van der Waals surface area contributed by atoms with Gasteiger partial charge in [-0.15, -0.1) is 0 Å². The zero-order chi connectivity index (χ0) is 10.8. The predicted octanol–water partition coefficient (Wildman–Crippen LogP) is 2.79. The summed E-state index contributed by atoms with van der Waals surface area (Å²) in [6.07, 6.45) is 5.22. The second kappa shape index (κ2) is 4.40. The van der Waals surface area contributed by atoms with Crippen molar-refractivity contribution in [3.05, 3.63) is 23.5 Å². The van der Waals surface area contributed by atoms with Gasteiger partial charge in [0.05, 0.1) is 0 Å². The van der Waals surface area contributed by atoms with Gasteiger partial charge in [0.15, 0.2) is 0 Å². The van der Waals surface area contributed by atoms with E-state index in [1.54, 1.807) is 0 Å². The minimum atomic E-state index is 0.725. The monoisotopic (exact) mass is 206 g/mol. The van der Waals surface area contributed by atoms with Crippen LogP contribution in [0.15, 0.2) is 12.1 Å². The molecule has 0 saturated heterocycles. The van der Waals surface area contributed by atoms with Crippen molar-refractivity contribution in [2.75, 3.05) is 6.54 Å². The lowest BCUT2D eigenvalue weighted by Gasteiger charge is -2.30. The molecule has 0 aromatic carbocycles. The van der Waals surface area contributed by atoms with E-state index in [0.29, 0.717) is 0 Å². The van der Waals surface area contributed by atoms with Gasteiger partial charge in [-0.3, -0.25) is 0 Å². The molecular weight excluding hydrogens is 184 g/mol. The van der Waals surface area contributed by atoms with Crippen molar-refractivity contribution in [2.45, 2.75) is 45.6 Å². The quantitative estimate of drug-likeness (QED) is 0.792. The van der Waals surface area contributed by atoms with Gasteiger partial charge in [0, 0.05) is 17.4 Å². The van der Waals surface area contributed by atoms with Crippen molar-refractivity contribution in [1.82, 2.24) is 4.57 Å². The largest absolute Gasteiger partial charge is 0.346 e. The molecule has 0 radical (unpaired) electrons. The molecule has 1 aromatic rings. The van der Waals surface area contributed by atoms with Crippen LogP contribution in [0.4, 0.5) is 0 Å². The fourth-order valence-electron chi connectivity index (χ4n) is 2.89. The number of hydrogen-bond donors (Lipinski definition) is 1. The number of nitrogens with zero attached hydrogens (tertiary/aromatic N) is 1. The van der Waals surface area contributed by atoms with Gasteiger partial charge in [-0.1, -0.05) is 0 Å². The van der Waals surface area contributed by atoms with Crippen LogP contribution < -0.4 is 5.73 Å². The van der Waals surface area contributed by atoms with E-state index in [-0.39, 0.29) is 0 Å². The molecule has 15 heavy (non-hydrogen) atoms. The minimum Gasteiger partial charge on any atom is -0.346 e. The third-order valence-corrected chi connectivity index (χ3v) is 3.84. The third kappa shape index (κ3) is 2.10. The summed E-state index contributed by atoms with van der Waals surface area (Å²) in [6, 6.07) is 5.18. The number of aromatic nitrogens is 1. The summed E-state index contributed by atoms with van der Waals surface area (Å²) in [6.45, 7) is 5.29. The molecule has 1 saturated carbocycles. The Labute approximate surface area is 92.5 Å². The summed E-state index contributed by atoms with van der Waals surface area (Å²) in [4.78, 5) is 0. The molecule has 1 fully saturated rings. The van der Waals surface area contributed by atoms with E-state index in [0.717, 1.165) is 18.5 Å². The molecule has 1 aromatic heterocycles. The molecule has 0 bridgehead atoms. The topological polar surface area (TPSA) is 30.9 Å². The molecule has 2 rings (SSSR count). The Morgan fingerprint density at radius 2 is 1.67 bits per heavy atom. The first-order chi connectivity index (χ1) is 7.22. The molecule has 0 aliphatic heterocycles. The first kappa shape index (κ1) is 10.7. The van der Waals surface area contributed by atoms with Crippen molar-refractivity contribution in [3.8, 4) is 0 Å². The molecule has 1 heterocycles. The molecule has 84 valence electrons. The fraction of sp³-hybridized carbons (Fsp3) is 0.692. The molecule has 0 unspecified atom stereocenters. The second-order valence-corrected chi connectivity index (χ2v) is 4.90. The highest BCUT2D eigenvalue weighted by molar-refractivity contribution is 5.15. The second-order valence-electron chi connectivity index (χ2n) is 4.90. The lowest BCUT2D eigenvalue weighted by atomic mass is 9.86. The summed E-state index contributed by atoms with van der Waals surface area (Å²) in [5.41, 5.74) is 8.53. The van der Waals surface area contributed by atoms with Crippen molar-refractivity contribution < 1.29 is 0 Å². The highest BCUT2D eigenvalue weighted by Gasteiger charge is 2.22. The molecule has 2 nitrogen and oxygen atoms in total. The van der Waals surface area contributed by atoms with Crippen LogP contribution in [0.5, 0.6) is 0 Å². The molecule has 2 heteroatoms. The van der Waals surface area contributed by atoms with Crippen molar-refractivity contribution in [1.29, 1.82) is 0 Å². The summed E-state index contributed by atoms with van der Waals surface area (Å²) < 4.78 is 2.51. The van der Waals surface area contributed by atoms with Crippen molar-refractivity contribution in [2.24, 2.45) is 11.7 Å². The minimum absolute atomic E-state index is 0.725. The lowest BCUT2D eigenvalue weighted by molar-refractivity contribution is 0.275. The van der Waals surface area contributed by atoms with Gasteiger partial charge in [-0.2, -0.15) is 0 Å². The van der Waals surface area contributed by atoms with Gasteiger partial charge in [-0.25, -0.2) is 0 Å². The third-order valence-electron chi connectivity index (χ3n) is 3.84. The van der Waals surface area contributed by atoms with Gasteiger partial charge >= 0.3 is 0 Å². The van der Waals surface area contributed by atoms with E-state index >= 15 is 0 Å². The standard InChI is InChI=1S/C13H22N2/c1-10-3-4-11(2)15(10)13-7-5-12(9-14)6-8-13/h3-4,12-13H,5-9,14H2,1-2H3. The van der Waals surface area contributed by atoms with Crippen LogP contribution in [0, 0.1) is 19.8 Å². The predicted molar refractivity (Wildman–Crippen MR) is 64.0 cm³/mol. The molecule has 0 atom stereocenters. The summed E-state index contributed by atoms with van der Waals surface area (Å²) >= 11 is 0. The summed E-state index contributed by atoms with van der Waals surface area (Å²) in [7, 11) is 0. The maximum absolute atomic E-state index is 5.72. The van der Waals surface area contributed by atoms with Crippen LogP contribution in [-0.2, 0) is 0 Å². The van der Waals surface area contributed by atoms with Gasteiger partial charge in [0.2, 0.25) is 0 Å². The highest BCUT2D eigenvalue weighted by atomic mass is 15.0. The molecule has 2 N–H and O–H groups in total. The van der Waals surface area contributed by atoms with Crippen LogP contribution in [0.25, 0.3) is 0 Å². The average molecular weight is 206 g/mol. The Kier molecular flexibility index (Phi) is 3.15. The average Bonchev–Trinajstić information content (AvgIpc) is 2.59. The molecule has 0 spiro atoms. The van der Waals surface area contributed by atoms with E-state index in [4.69, 9.17) is 5.73 Å². The lowest BCUT2D eigenvalue weighted by Crippen LogP contribution is -2.24. The van der Waals surface area contributed by atoms with Crippen molar-refractivity contribution in [3.63, 3.8) is 0 Å². The number of rotatable bonds is 2. The Hall–Kier alpha value is -0.760. The summed E-state index contributed by atoms with van der Waals surface area (Å²) in [5, 5.41) is 0. The molecule has 0 amide bonds. The van der Waals surface area contributed by atoms with Gasteiger partial charge in [0.1, 0.15) is 0 Å². The summed E-state index contributed by atoms with van der Waals surface area (Å²) in [5.74, 6) is 0.775. The molecular formula is C13H22N2. The Morgan fingerprint density at radius 3 is 2.13 bits per heavy atom. The van der Waals surface area contributed by atoms with Crippen molar-refractivity contribution >= 4 is 0 Å². The van der Waals surface area contributed by atoms with E-state index in [1.165, 1.54) is 37.1 Å². The fourth-order valence-corrected chi connectivity index (χ4v) is 2.89. The number of nitrogens with two attached hydrogens (primary N) is 1. The van der Waals surface area contributed by atoms with E-state index < -0.39 is 0 Å². The van der Waals surface area contributed by atoms with Gasteiger partial charge in [0.25, 0.3) is 0 Å². The zero-order valence-electron chi connectivity index (χ0n) is 9.87. The first-order valence-electron chi connectivity index (χ1n) is 6.07. The normalized spacial score (nSPS) is 26.9. The molecule has 1 aliphatic carbocycles. The number of aryl methyl sites for hydroxylation is 2. The highest BCUT2D eigenvalue weighted by Crippen LogP contribution is 2.33. The van der Waals surface area contributed by atoms with Gasteiger partial charge < -0.3 is 10.3 Å². The van der Waals surface area contributed by atoms with Crippen LogP contribution in [0.1, 0.15) is 43.1 Å². The van der Waals surface area contributed by atoms with Crippen LogP contribution in [-0.4, -0.2) is 11.1 Å². The number of hydrogen-bond acceptors (Lipinski definition) is 1. The zero-order valence-corrected chi connectivity index (χ0v) is 9.87. The van der Waals surface area contributed by atoms with Crippen LogP contribution in [0.3, 0.4) is 0 Å². The SMILES string of the molecule is Cc1ccc(C)n1C1CCC(CN)CC1. The Morgan fingerprint density at radius 1 is 1.13 bits per heavy atom. The van der Waals surface area contributed by atoms with E-state index in [9.17, 15) is 0 Å². The maximum atomic E-state index is 5.72. The maximum Gasteiger partial charge on any atom is 0.0335 e. The Balaban J connectivity index is 2.07. The van der Waals surface area contributed by atoms with Crippen LogP contribution >= 0.6 is 0 Å². The van der Waals surface area contributed by atoms with Crippen LogP contribution in [0.2, 0.25) is 0 Å². The van der Waals surface area contributed by atoms with Gasteiger partial charge in [-0.05, 0) is 64.1 Å². The Bertz CT molecular complexity index is 300. The first-order valence-corrected chi connectivity index (χ1v) is 6.07.